The molecule has 1 aromatic heterocycles. The molecule has 0 bridgehead atoms. The first-order valence-electron chi connectivity index (χ1n) is 6.71. The minimum Gasteiger partial charge on any atom is -0.490 e. The number of methoxy groups -OCH3 is 1. The van der Waals surface area contributed by atoms with Gasteiger partial charge in [-0.05, 0) is 12.1 Å². The molecule has 0 atom stereocenters. The number of hydrogen-bond donors (Lipinski definition) is 1. The molecule has 0 saturated heterocycles. The van der Waals surface area contributed by atoms with E-state index in [2.05, 4.69) is 15.5 Å². The fourth-order valence-corrected chi connectivity index (χ4v) is 2.22. The lowest BCUT2D eigenvalue weighted by atomic mass is 10.3. The van der Waals surface area contributed by atoms with Crippen LogP contribution in [0.25, 0.3) is 0 Å². The van der Waals surface area contributed by atoms with Crippen LogP contribution in [0.1, 0.15) is 5.01 Å². The number of nitrogens with zero attached hydrogens (tertiary/aromatic N) is 2. The third kappa shape index (κ3) is 6.07. The Kier molecular flexibility index (Phi) is 6.93. The first-order chi connectivity index (χ1) is 10.4. The van der Waals surface area contributed by atoms with Gasteiger partial charge < -0.3 is 19.5 Å². The summed E-state index contributed by atoms with van der Waals surface area (Å²) in [5.41, 5.74) is 0. The molecule has 0 aliphatic heterocycles. The van der Waals surface area contributed by atoms with Gasteiger partial charge in [-0.1, -0.05) is 29.5 Å². The highest BCUT2D eigenvalue weighted by molar-refractivity contribution is 7.13. The van der Waals surface area contributed by atoms with Crippen molar-refractivity contribution in [3.8, 4) is 10.9 Å². The van der Waals surface area contributed by atoms with E-state index in [1.165, 1.54) is 11.3 Å². The summed E-state index contributed by atoms with van der Waals surface area (Å²) in [5.74, 6) is 0.835. The smallest absolute Gasteiger partial charge is 0.294 e. The lowest BCUT2D eigenvalue weighted by Crippen LogP contribution is -2.18. The van der Waals surface area contributed by atoms with Crippen LogP contribution in [0.2, 0.25) is 0 Å². The molecule has 1 aromatic carbocycles. The maximum Gasteiger partial charge on any atom is 0.294 e. The van der Waals surface area contributed by atoms with Crippen LogP contribution in [-0.2, 0) is 11.3 Å². The van der Waals surface area contributed by atoms with Gasteiger partial charge in [0.1, 0.15) is 24.0 Å². The maximum atomic E-state index is 5.53. The van der Waals surface area contributed by atoms with E-state index in [-0.39, 0.29) is 0 Å². The molecular weight excluding hydrogens is 290 g/mol. The SMILES string of the molecule is COCCNCc1nnc(OCCOc2ccccc2)s1. The van der Waals surface area contributed by atoms with Gasteiger partial charge in [0.05, 0.1) is 6.61 Å². The van der Waals surface area contributed by atoms with Crippen molar-refractivity contribution in [3.63, 3.8) is 0 Å². The summed E-state index contributed by atoms with van der Waals surface area (Å²) in [6.07, 6.45) is 0. The second kappa shape index (κ2) is 9.28. The van der Waals surface area contributed by atoms with E-state index in [4.69, 9.17) is 14.2 Å². The van der Waals surface area contributed by atoms with E-state index < -0.39 is 0 Å². The molecule has 6 nitrogen and oxygen atoms in total. The molecule has 0 unspecified atom stereocenters. The summed E-state index contributed by atoms with van der Waals surface area (Å²) in [4.78, 5) is 0. The molecule has 114 valence electrons. The Morgan fingerprint density at radius 1 is 1.05 bits per heavy atom. The monoisotopic (exact) mass is 309 g/mol. The first-order valence-corrected chi connectivity index (χ1v) is 7.53. The standard InChI is InChI=1S/C14H19N3O3S/c1-18-8-7-15-11-13-16-17-14(21-13)20-10-9-19-12-5-3-2-4-6-12/h2-6,15H,7-11H2,1H3. The van der Waals surface area contributed by atoms with Crippen LogP contribution in [0.4, 0.5) is 0 Å². The molecular formula is C14H19N3O3S. The second-order valence-corrected chi connectivity index (χ2v) is 5.17. The van der Waals surface area contributed by atoms with E-state index >= 15 is 0 Å². The van der Waals surface area contributed by atoms with Gasteiger partial charge in [0.2, 0.25) is 0 Å². The molecule has 2 rings (SSSR count). The Morgan fingerprint density at radius 3 is 2.67 bits per heavy atom. The molecule has 1 heterocycles. The van der Waals surface area contributed by atoms with E-state index in [1.807, 2.05) is 30.3 Å². The zero-order valence-corrected chi connectivity index (χ0v) is 12.8. The Hall–Kier alpha value is -1.70. The fourth-order valence-electron chi connectivity index (χ4n) is 1.54. The van der Waals surface area contributed by atoms with Gasteiger partial charge in [0.25, 0.3) is 5.19 Å². The van der Waals surface area contributed by atoms with Crippen molar-refractivity contribution in [3.05, 3.63) is 35.3 Å². The van der Waals surface area contributed by atoms with Crippen LogP contribution >= 0.6 is 11.3 Å². The highest BCUT2D eigenvalue weighted by Gasteiger charge is 2.04. The van der Waals surface area contributed by atoms with Crippen molar-refractivity contribution in [2.24, 2.45) is 0 Å². The summed E-state index contributed by atoms with van der Waals surface area (Å²) in [6, 6.07) is 9.64. The second-order valence-electron chi connectivity index (χ2n) is 4.14. The van der Waals surface area contributed by atoms with Crippen LogP contribution in [0.3, 0.4) is 0 Å². The van der Waals surface area contributed by atoms with Crippen LogP contribution in [-0.4, -0.2) is 43.7 Å². The molecule has 0 aliphatic carbocycles. The van der Waals surface area contributed by atoms with Gasteiger partial charge in [-0.2, -0.15) is 0 Å². The zero-order chi connectivity index (χ0) is 14.8. The number of benzene rings is 1. The van der Waals surface area contributed by atoms with Crippen molar-refractivity contribution in [1.82, 2.24) is 15.5 Å². The Morgan fingerprint density at radius 2 is 1.86 bits per heavy atom. The number of para-hydroxylation sites is 1. The minimum absolute atomic E-state index is 0.445. The van der Waals surface area contributed by atoms with Crippen molar-refractivity contribution in [2.45, 2.75) is 6.54 Å². The largest absolute Gasteiger partial charge is 0.490 e. The highest BCUT2D eigenvalue weighted by atomic mass is 32.1. The van der Waals surface area contributed by atoms with E-state index in [1.54, 1.807) is 7.11 Å². The molecule has 0 fully saturated rings. The Balaban J connectivity index is 1.61. The molecule has 0 aliphatic rings. The molecule has 0 radical (unpaired) electrons. The third-order valence-corrected chi connectivity index (χ3v) is 3.36. The number of aromatic nitrogens is 2. The van der Waals surface area contributed by atoms with Crippen molar-refractivity contribution in [1.29, 1.82) is 0 Å². The number of hydrogen-bond acceptors (Lipinski definition) is 7. The number of nitrogens with one attached hydrogen (secondary N) is 1. The third-order valence-electron chi connectivity index (χ3n) is 2.53. The van der Waals surface area contributed by atoms with Crippen LogP contribution in [0.5, 0.6) is 10.9 Å². The van der Waals surface area contributed by atoms with E-state index in [0.717, 1.165) is 17.3 Å². The van der Waals surface area contributed by atoms with Gasteiger partial charge in [0.15, 0.2) is 0 Å². The average Bonchev–Trinajstić information content (AvgIpc) is 2.97. The number of ether oxygens (including phenoxy) is 3. The predicted octanol–water partition coefficient (Wildman–Crippen LogP) is 1.73. The normalized spacial score (nSPS) is 10.5. The molecule has 2 aromatic rings. The molecule has 0 saturated carbocycles. The summed E-state index contributed by atoms with van der Waals surface area (Å²) < 4.78 is 16.0. The highest BCUT2D eigenvalue weighted by Crippen LogP contribution is 2.17. The quantitative estimate of drug-likeness (QED) is 0.674. The minimum atomic E-state index is 0.445. The topological polar surface area (TPSA) is 65.5 Å². The van der Waals surface area contributed by atoms with Gasteiger partial charge in [-0.3, -0.25) is 0 Å². The van der Waals surface area contributed by atoms with E-state index in [0.29, 0.717) is 31.6 Å². The number of rotatable bonds is 10. The predicted molar refractivity (Wildman–Crippen MR) is 80.9 cm³/mol. The van der Waals surface area contributed by atoms with Gasteiger partial charge in [0, 0.05) is 20.2 Å². The first kappa shape index (κ1) is 15.7. The summed E-state index contributed by atoms with van der Waals surface area (Å²) in [6.45, 7) is 3.06. The van der Waals surface area contributed by atoms with Crippen molar-refractivity contribution >= 4 is 11.3 Å². The average molecular weight is 309 g/mol. The zero-order valence-electron chi connectivity index (χ0n) is 11.9. The molecule has 21 heavy (non-hydrogen) atoms. The Labute approximate surface area is 128 Å². The molecule has 0 amide bonds. The summed E-state index contributed by atoms with van der Waals surface area (Å²) in [7, 11) is 1.68. The Bertz CT molecular complexity index is 507. The van der Waals surface area contributed by atoms with Gasteiger partial charge >= 0.3 is 0 Å². The van der Waals surface area contributed by atoms with Crippen LogP contribution < -0.4 is 14.8 Å². The van der Waals surface area contributed by atoms with Gasteiger partial charge in [-0.25, -0.2) is 0 Å². The summed E-state index contributed by atoms with van der Waals surface area (Å²) >= 11 is 1.43. The molecule has 1 N–H and O–H groups in total. The molecule has 0 spiro atoms. The van der Waals surface area contributed by atoms with Crippen LogP contribution in [0, 0.1) is 0 Å². The summed E-state index contributed by atoms with van der Waals surface area (Å²) in [5, 5.41) is 12.7. The molecule has 7 heteroatoms. The van der Waals surface area contributed by atoms with Gasteiger partial charge in [-0.15, -0.1) is 10.2 Å². The van der Waals surface area contributed by atoms with E-state index in [9.17, 15) is 0 Å². The lowest BCUT2D eigenvalue weighted by molar-refractivity contribution is 0.199. The van der Waals surface area contributed by atoms with Crippen LogP contribution in [0.15, 0.2) is 30.3 Å². The van der Waals surface area contributed by atoms with Crippen molar-refractivity contribution < 1.29 is 14.2 Å². The fraction of sp³-hybridized carbons (Fsp3) is 0.429. The lowest BCUT2D eigenvalue weighted by Gasteiger charge is -2.05. The van der Waals surface area contributed by atoms with Crippen molar-refractivity contribution in [2.75, 3.05) is 33.5 Å². The maximum absolute atomic E-state index is 5.53.